The maximum atomic E-state index is 10.1. The van der Waals surface area contributed by atoms with Crippen molar-refractivity contribution < 1.29 is 5.11 Å². The number of rotatable bonds is 4. The van der Waals surface area contributed by atoms with Crippen molar-refractivity contribution in [2.45, 2.75) is 53.1 Å². The first-order valence-corrected chi connectivity index (χ1v) is 6.92. The van der Waals surface area contributed by atoms with E-state index in [2.05, 4.69) is 48.7 Å². The van der Waals surface area contributed by atoms with Crippen LogP contribution in [0.1, 0.15) is 45.5 Å². The first kappa shape index (κ1) is 14.7. The Balaban J connectivity index is 2.78. The Bertz CT molecular complexity index is 380. The number of aromatic nitrogens is 2. The fourth-order valence-corrected chi connectivity index (χ4v) is 2.82. The van der Waals surface area contributed by atoms with E-state index >= 15 is 0 Å². The quantitative estimate of drug-likeness (QED) is 0.928. The van der Waals surface area contributed by atoms with E-state index in [9.17, 15) is 5.11 Å². The van der Waals surface area contributed by atoms with Gasteiger partial charge in [0, 0.05) is 13.5 Å². The Kier molecular flexibility index (Phi) is 4.78. The van der Waals surface area contributed by atoms with Crippen molar-refractivity contribution in [2.24, 2.45) is 12.5 Å². The largest absolute Gasteiger partial charge is 0.393 e. The van der Waals surface area contributed by atoms with Crippen molar-refractivity contribution in [1.82, 2.24) is 9.78 Å². The molecule has 0 aliphatic heterocycles. The van der Waals surface area contributed by atoms with Crippen LogP contribution >= 0.6 is 15.9 Å². The normalized spacial score (nSPS) is 14.1. The SMILES string of the molecule is CCc1nn(C)c(CC(O)CC(C)(C)C)c1Br. The highest BCUT2D eigenvalue weighted by Gasteiger charge is 2.20. The molecule has 0 aliphatic carbocycles. The molecule has 0 spiro atoms. The van der Waals surface area contributed by atoms with Crippen LogP contribution < -0.4 is 0 Å². The number of halogens is 1. The van der Waals surface area contributed by atoms with E-state index in [-0.39, 0.29) is 11.5 Å². The Labute approximate surface area is 112 Å². The summed E-state index contributed by atoms with van der Waals surface area (Å²) in [5.74, 6) is 0. The molecule has 0 fully saturated rings. The Morgan fingerprint density at radius 2 is 2.00 bits per heavy atom. The van der Waals surface area contributed by atoms with Gasteiger partial charge in [-0.1, -0.05) is 27.7 Å². The van der Waals surface area contributed by atoms with E-state index in [1.54, 1.807) is 0 Å². The Morgan fingerprint density at radius 1 is 1.41 bits per heavy atom. The molecule has 1 unspecified atom stereocenters. The lowest BCUT2D eigenvalue weighted by atomic mass is 9.88. The zero-order valence-corrected chi connectivity index (χ0v) is 13.0. The first-order chi connectivity index (χ1) is 7.74. The van der Waals surface area contributed by atoms with E-state index in [0.29, 0.717) is 6.42 Å². The molecule has 1 atom stereocenters. The Hall–Kier alpha value is -0.350. The maximum Gasteiger partial charge on any atom is 0.0766 e. The van der Waals surface area contributed by atoms with Crippen LogP contribution in [0.4, 0.5) is 0 Å². The zero-order valence-electron chi connectivity index (χ0n) is 11.4. The molecule has 1 aromatic heterocycles. The van der Waals surface area contributed by atoms with Gasteiger partial charge in [-0.3, -0.25) is 4.68 Å². The van der Waals surface area contributed by atoms with Crippen LogP contribution in [-0.2, 0) is 19.9 Å². The summed E-state index contributed by atoms with van der Waals surface area (Å²) in [4.78, 5) is 0. The van der Waals surface area contributed by atoms with E-state index in [4.69, 9.17) is 0 Å². The molecule has 1 N–H and O–H groups in total. The third-order valence-corrected chi connectivity index (χ3v) is 3.70. The fraction of sp³-hybridized carbons (Fsp3) is 0.769. The van der Waals surface area contributed by atoms with Crippen molar-refractivity contribution in [3.8, 4) is 0 Å². The topological polar surface area (TPSA) is 38.0 Å². The molecule has 1 rings (SSSR count). The van der Waals surface area contributed by atoms with E-state index in [1.165, 1.54) is 0 Å². The number of aliphatic hydroxyl groups excluding tert-OH is 1. The number of hydrogen-bond acceptors (Lipinski definition) is 2. The first-order valence-electron chi connectivity index (χ1n) is 6.13. The summed E-state index contributed by atoms with van der Waals surface area (Å²) in [6, 6.07) is 0. The molecule has 0 saturated heterocycles. The average Bonchev–Trinajstić information content (AvgIpc) is 2.42. The highest BCUT2D eigenvalue weighted by atomic mass is 79.9. The van der Waals surface area contributed by atoms with Crippen LogP contribution in [0.5, 0.6) is 0 Å². The Morgan fingerprint density at radius 3 is 2.41 bits per heavy atom. The van der Waals surface area contributed by atoms with Gasteiger partial charge >= 0.3 is 0 Å². The second-order valence-electron chi connectivity index (χ2n) is 5.81. The number of nitrogens with zero attached hydrogens (tertiary/aromatic N) is 2. The number of hydrogen-bond donors (Lipinski definition) is 1. The minimum Gasteiger partial charge on any atom is -0.393 e. The van der Waals surface area contributed by atoms with E-state index < -0.39 is 0 Å². The maximum absolute atomic E-state index is 10.1. The summed E-state index contributed by atoms with van der Waals surface area (Å²) >= 11 is 3.58. The van der Waals surface area contributed by atoms with E-state index in [1.807, 2.05) is 11.7 Å². The molecule has 0 amide bonds. The second kappa shape index (κ2) is 5.53. The van der Waals surface area contributed by atoms with Crippen molar-refractivity contribution in [3.05, 3.63) is 15.9 Å². The molecular formula is C13H23BrN2O. The molecule has 0 radical (unpaired) electrons. The molecule has 0 bridgehead atoms. The van der Waals surface area contributed by atoms with Gasteiger partial charge in [0.15, 0.2) is 0 Å². The molecule has 0 aromatic carbocycles. The van der Waals surface area contributed by atoms with Crippen molar-refractivity contribution in [2.75, 3.05) is 0 Å². The van der Waals surface area contributed by atoms with Gasteiger partial charge in [0.05, 0.1) is 22.0 Å². The van der Waals surface area contributed by atoms with E-state index in [0.717, 1.165) is 28.7 Å². The second-order valence-corrected chi connectivity index (χ2v) is 6.60. The summed E-state index contributed by atoms with van der Waals surface area (Å²) in [5, 5.41) is 14.5. The summed E-state index contributed by atoms with van der Waals surface area (Å²) in [5.41, 5.74) is 2.29. The fourth-order valence-electron chi connectivity index (χ4n) is 2.04. The molecule has 4 heteroatoms. The smallest absolute Gasteiger partial charge is 0.0766 e. The van der Waals surface area contributed by atoms with Crippen LogP contribution in [0, 0.1) is 5.41 Å². The van der Waals surface area contributed by atoms with Gasteiger partial charge in [0.1, 0.15) is 0 Å². The summed E-state index contributed by atoms with van der Waals surface area (Å²) in [7, 11) is 1.93. The van der Waals surface area contributed by atoms with Crippen LogP contribution in [0.3, 0.4) is 0 Å². The molecule has 1 aromatic rings. The molecule has 3 nitrogen and oxygen atoms in total. The lowest BCUT2D eigenvalue weighted by Crippen LogP contribution is -2.21. The van der Waals surface area contributed by atoms with Gasteiger partial charge in [-0.25, -0.2) is 0 Å². The van der Waals surface area contributed by atoms with Gasteiger partial charge in [0.2, 0.25) is 0 Å². The minimum atomic E-state index is -0.314. The zero-order chi connectivity index (χ0) is 13.2. The van der Waals surface area contributed by atoms with Gasteiger partial charge in [0.25, 0.3) is 0 Å². The van der Waals surface area contributed by atoms with Crippen LogP contribution in [0.25, 0.3) is 0 Å². The van der Waals surface area contributed by atoms with Crippen molar-refractivity contribution in [1.29, 1.82) is 0 Å². The van der Waals surface area contributed by atoms with Gasteiger partial charge < -0.3 is 5.11 Å². The van der Waals surface area contributed by atoms with Crippen molar-refractivity contribution >= 4 is 15.9 Å². The standard InChI is InChI=1S/C13H23BrN2O/c1-6-10-12(14)11(16(5)15-10)7-9(17)8-13(2,3)4/h9,17H,6-8H2,1-5H3. The van der Waals surface area contributed by atoms with Gasteiger partial charge in [-0.2, -0.15) is 5.10 Å². The molecule has 17 heavy (non-hydrogen) atoms. The highest BCUT2D eigenvalue weighted by molar-refractivity contribution is 9.10. The van der Waals surface area contributed by atoms with Gasteiger partial charge in [-0.15, -0.1) is 0 Å². The van der Waals surface area contributed by atoms with Crippen LogP contribution in [-0.4, -0.2) is 21.0 Å². The van der Waals surface area contributed by atoms with Crippen molar-refractivity contribution in [3.63, 3.8) is 0 Å². The average molecular weight is 303 g/mol. The highest BCUT2D eigenvalue weighted by Crippen LogP contribution is 2.26. The molecule has 0 saturated carbocycles. The predicted molar refractivity (Wildman–Crippen MR) is 74.1 cm³/mol. The van der Waals surface area contributed by atoms with Gasteiger partial charge in [-0.05, 0) is 34.2 Å². The summed E-state index contributed by atoms with van der Waals surface area (Å²) in [6.07, 6.45) is 2.04. The van der Waals surface area contributed by atoms with Crippen LogP contribution in [0.15, 0.2) is 4.47 Å². The number of aryl methyl sites for hydroxylation is 2. The third-order valence-electron chi connectivity index (χ3n) is 2.78. The predicted octanol–water partition coefficient (Wildman–Crippen LogP) is 3.08. The molecular weight excluding hydrogens is 280 g/mol. The molecule has 98 valence electrons. The lowest BCUT2D eigenvalue weighted by molar-refractivity contribution is 0.119. The third kappa shape index (κ3) is 4.11. The molecule has 0 aliphatic rings. The monoisotopic (exact) mass is 302 g/mol. The minimum absolute atomic E-state index is 0.151. The van der Waals surface area contributed by atoms with Crippen LogP contribution in [0.2, 0.25) is 0 Å². The summed E-state index contributed by atoms with van der Waals surface area (Å²) < 4.78 is 2.92. The summed E-state index contributed by atoms with van der Waals surface area (Å²) in [6.45, 7) is 8.52. The molecule has 1 heterocycles. The number of aliphatic hydroxyl groups is 1. The lowest BCUT2D eigenvalue weighted by Gasteiger charge is -2.22.